The topological polar surface area (TPSA) is 41.5 Å². The molecule has 0 aliphatic rings. The van der Waals surface area contributed by atoms with Gasteiger partial charge in [-0.15, -0.1) is 0 Å². The lowest BCUT2D eigenvalue weighted by atomic mass is 9.95. The summed E-state index contributed by atoms with van der Waals surface area (Å²) in [6.45, 7) is 9.99. The van der Waals surface area contributed by atoms with Crippen LogP contribution in [0.2, 0.25) is 0 Å². The van der Waals surface area contributed by atoms with Gasteiger partial charge in [-0.05, 0) is 31.0 Å². The number of aliphatic hydroxyl groups excluding tert-OH is 1. The predicted octanol–water partition coefficient (Wildman–Crippen LogP) is 2.42. The van der Waals surface area contributed by atoms with E-state index in [0.29, 0.717) is 0 Å². The third-order valence-electron chi connectivity index (χ3n) is 3.24. The lowest BCUT2D eigenvalue weighted by Crippen LogP contribution is -2.32. The van der Waals surface area contributed by atoms with Crippen molar-refractivity contribution < 1.29 is 9.84 Å². The van der Waals surface area contributed by atoms with Gasteiger partial charge in [-0.3, -0.25) is 0 Å². The molecule has 0 unspecified atom stereocenters. The second kappa shape index (κ2) is 6.21. The van der Waals surface area contributed by atoms with Crippen molar-refractivity contribution in [1.82, 2.24) is 5.32 Å². The fraction of sp³-hybridized carbons (Fsp3) is 0.600. The van der Waals surface area contributed by atoms with Gasteiger partial charge in [0.25, 0.3) is 0 Å². The molecular formula is C15H25NO2. The standard InChI is InChI=1S/C15H25NO2/c1-11-6-13(14(18-5)7-12(11)2)8-16-9-15(3,4)10-17/h6-7,16-17H,8-10H2,1-5H3. The molecular weight excluding hydrogens is 226 g/mol. The van der Waals surface area contributed by atoms with E-state index in [0.717, 1.165) is 24.4 Å². The fourth-order valence-electron chi connectivity index (χ4n) is 1.77. The molecule has 3 nitrogen and oxygen atoms in total. The highest BCUT2D eigenvalue weighted by molar-refractivity contribution is 5.41. The Morgan fingerprint density at radius 2 is 1.83 bits per heavy atom. The zero-order chi connectivity index (χ0) is 13.8. The molecule has 2 N–H and O–H groups in total. The lowest BCUT2D eigenvalue weighted by Gasteiger charge is -2.22. The van der Waals surface area contributed by atoms with Crippen molar-refractivity contribution in [1.29, 1.82) is 0 Å². The average Bonchev–Trinajstić information content (AvgIpc) is 2.33. The Hall–Kier alpha value is -1.06. The van der Waals surface area contributed by atoms with E-state index in [1.807, 2.05) is 13.8 Å². The zero-order valence-electron chi connectivity index (χ0n) is 12.1. The summed E-state index contributed by atoms with van der Waals surface area (Å²) in [4.78, 5) is 0. The highest BCUT2D eigenvalue weighted by Gasteiger charge is 2.16. The minimum absolute atomic E-state index is 0.0903. The summed E-state index contributed by atoms with van der Waals surface area (Å²) in [5.74, 6) is 0.924. The van der Waals surface area contributed by atoms with Crippen LogP contribution in [-0.2, 0) is 6.54 Å². The Morgan fingerprint density at radius 3 is 2.39 bits per heavy atom. The predicted molar refractivity (Wildman–Crippen MR) is 75.0 cm³/mol. The molecule has 0 saturated carbocycles. The van der Waals surface area contributed by atoms with Crippen molar-refractivity contribution in [3.8, 4) is 5.75 Å². The van der Waals surface area contributed by atoms with Crippen LogP contribution in [0.4, 0.5) is 0 Å². The first-order valence-corrected chi connectivity index (χ1v) is 6.35. The molecule has 0 aliphatic heterocycles. The van der Waals surface area contributed by atoms with Crippen molar-refractivity contribution >= 4 is 0 Å². The minimum atomic E-state index is -0.0903. The number of nitrogens with one attached hydrogen (secondary N) is 1. The van der Waals surface area contributed by atoms with Gasteiger partial charge in [-0.2, -0.15) is 0 Å². The summed E-state index contributed by atoms with van der Waals surface area (Å²) in [7, 11) is 1.70. The van der Waals surface area contributed by atoms with Gasteiger partial charge in [0.2, 0.25) is 0 Å². The molecule has 0 saturated heterocycles. The van der Waals surface area contributed by atoms with Gasteiger partial charge in [0.05, 0.1) is 7.11 Å². The molecule has 102 valence electrons. The summed E-state index contributed by atoms with van der Waals surface area (Å²) >= 11 is 0. The van der Waals surface area contributed by atoms with Crippen molar-refractivity contribution in [2.45, 2.75) is 34.2 Å². The molecule has 0 bridgehead atoms. The molecule has 18 heavy (non-hydrogen) atoms. The Kier molecular flexibility index (Phi) is 5.17. The molecule has 3 heteroatoms. The van der Waals surface area contributed by atoms with Crippen LogP contribution in [0.15, 0.2) is 12.1 Å². The SMILES string of the molecule is COc1cc(C)c(C)cc1CNCC(C)(C)CO. The van der Waals surface area contributed by atoms with E-state index in [9.17, 15) is 5.11 Å². The minimum Gasteiger partial charge on any atom is -0.496 e. The van der Waals surface area contributed by atoms with Gasteiger partial charge in [0.1, 0.15) is 5.75 Å². The van der Waals surface area contributed by atoms with Gasteiger partial charge in [-0.25, -0.2) is 0 Å². The second-order valence-electron chi connectivity index (χ2n) is 5.67. The second-order valence-corrected chi connectivity index (χ2v) is 5.67. The Bertz CT molecular complexity index is 400. The van der Waals surface area contributed by atoms with Crippen LogP contribution in [0.1, 0.15) is 30.5 Å². The van der Waals surface area contributed by atoms with E-state index in [-0.39, 0.29) is 12.0 Å². The highest BCUT2D eigenvalue weighted by Crippen LogP contribution is 2.23. The van der Waals surface area contributed by atoms with Gasteiger partial charge < -0.3 is 15.2 Å². The lowest BCUT2D eigenvalue weighted by molar-refractivity contribution is 0.156. The Morgan fingerprint density at radius 1 is 1.22 bits per heavy atom. The molecule has 0 aromatic heterocycles. The number of hydrogen-bond acceptors (Lipinski definition) is 3. The van der Waals surface area contributed by atoms with Crippen LogP contribution in [0.5, 0.6) is 5.75 Å². The van der Waals surface area contributed by atoms with Crippen LogP contribution < -0.4 is 10.1 Å². The third kappa shape index (κ3) is 4.00. The summed E-state index contributed by atoms with van der Waals surface area (Å²) < 4.78 is 5.40. The zero-order valence-corrected chi connectivity index (χ0v) is 12.1. The van der Waals surface area contributed by atoms with E-state index in [2.05, 4.69) is 31.3 Å². The summed E-state index contributed by atoms with van der Waals surface area (Å²) in [6.07, 6.45) is 0. The first-order chi connectivity index (χ1) is 8.39. The number of methoxy groups -OCH3 is 1. The van der Waals surface area contributed by atoms with Gasteiger partial charge >= 0.3 is 0 Å². The number of hydrogen-bond donors (Lipinski definition) is 2. The molecule has 0 amide bonds. The van der Waals surface area contributed by atoms with Gasteiger partial charge in [-0.1, -0.05) is 19.9 Å². The number of benzene rings is 1. The van der Waals surface area contributed by atoms with Crippen molar-refractivity contribution in [2.24, 2.45) is 5.41 Å². The Balaban J connectivity index is 2.70. The average molecular weight is 251 g/mol. The summed E-state index contributed by atoms with van der Waals surface area (Å²) in [5, 5.41) is 12.6. The van der Waals surface area contributed by atoms with E-state index in [1.54, 1.807) is 7.11 Å². The van der Waals surface area contributed by atoms with E-state index >= 15 is 0 Å². The first-order valence-electron chi connectivity index (χ1n) is 6.35. The van der Waals surface area contributed by atoms with Gasteiger partial charge in [0.15, 0.2) is 0 Å². The van der Waals surface area contributed by atoms with Crippen LogP contribution >= 0.6 is 0 Å². The molecule has 0 fully saturated rings. The van der Waals surface area contributed by atoms with Crippen molar-refractivity contribution in [3.05, 3.63) is 28.8 Å². The van der Waals surface area contributed by atoms with Gasteiger partial charge in [0, 0.05) is 30.7 Å². The van der Waals surface area contributed by atoms with Crippen molar-refractivity contribution in [3.63, 3.8) is 0 Å². The number of aliphatic hydroxyl groups is 1. The van der Waals surface area contributed by atoms with Crippen molar-refractivity contribution in [2.75, 3.05) is 20.3 Å². The maximum Gasteiger partial charge on any atom is 0.123 e. The summed E-state index contributed by atoms with van der Waals surface area (Å²) in [6, 6.07) is 4.23. The van der Waals surface area contributed by atoms with Crippen LogP contribution in [0, 0.1) is 19.3 Å². The first kappa shape index (κ1) is 15.0. The number of rotatable bonds is 6. The third-order valence-corrected chi connectivity index (χ3v) is 3.24. The molecule has 0 aliphatic carbocycles. The Labute approximate surface area is 110 Å². The maximum absolute atomic E-state index is 9.21. The largest absolute Gasteiger partial charge is 0.496 e. The van der Waals surface area contributed by atoms with E-state index in [4.69, 9.17) is 4.74 Å². The molecule has 0 spiro atoms. The molecule has 1 aromatic rings. The molecule has 0 atom stereocenters. The smallest absolute Gasteiger partial charge is 0.123 e. The molecule has 0 heterocycles. The fourth-order valence-corrected chi connectivity index (χ4v) is 1.77. The number of aryl methyl sites for hydroxylation is 2. The highest BCUT2D eigenvalue weighted by atomic mass is 16.5. The van der Waals surface area contributed by atoms with E-state index < -0.39 is 0 Å². The normalized spacial score (nSPS) is 11.7. The van der Waals surface area contributed by atoms with Crippen LogP contribution in [-0.4, -0.2) is 25.4 Å². The number of ether oxygens (including phenoxy) is 1. The molecule has 1 aromatic carbocycles. The molecule has 0 radical (unpaired) electrons. The van der Waals surface area contributed by atoms with Crippen LogP contribution in [0.3, 0.4) is 0 Å². The quantitative estimate of drug-likeness (QED) is 0.816. The summed E-state index contributed by atoms with van der Waals surface area (Å²) in [5.41, 5.74) is 3.59. The van der Waals surface area contributed by atoms with Crippen LogP contribution in [0.25, 0.3) is 0 Å². The monoisotopic (exact) mass is 251 g/mol. The van der Waals surface area contributed by atoms with E-state index in [1.165, 1.54) is 11.1 Å². The molecule has 1 rings (SSSR count). The maximum atomic E-state index is 9.21.